The number of benzene rings is 1. The molecule has 0 radical (unpaired) electrons. The Morgan fingerprint density at radius 1 is 1.27 bits per heavy atom. The van der Waals surface area contributed by atoms with E-state index in [2.05, 4.69) is 19.6 Å². The summed E-state index contributed by atoms with van der Waals surface area (Å²) in [4.78, 5) is 0. The van der Waals surface area contributed by atoms with Gasteiger partial charge >= 0.3 is 0 Å². The van der Waals surface area contributed by atoms with Crippen molar-refractivity contribution in [1.29, 1.82) is 0 Å². The summed E-state index contributed by atoms with van der Waals surface area (Å²) in [5, 5.41) is 30.3. The second kappa shape index (κ2) is 7.01. The highest BCUT2D eigenvalue weighted by atomic mass is 16.3. The van der Waals surface area contributed by atoms with Crippen LogP contribution in [0, 0.1) is 5.92 Å². The number of phenolic OH excluding ortho intramolecular Hbond substituents is 2. The lowest BCUT2D eigenvalue weighted by Crippen LogP contribution is -2.19. The van der Waals surface area contributed by atoms with Crippen LogP contribution in [0.25, 0.3) is 0 Å². The molecule has 0 aliphatic heterocycles. The summed E-state index contributed by atoms with van der Waals surface area (Å²) >= 11 is 0. The van der Waals surface area contributed by atoms with Crippen LogP contribution in [0.5, 0.6) is 11.5 Å². The molecule has 0 fully saturated rings. The number of hydrogen-bond acceptors (Lipinski definition) is 3. The number of aryl methyl sites for hydroxylation is 1. The molecule has 1 aromatic rings. The van der Waals surface area contributed by atoms with E-state index in [1.54, 1.807) is 12.1 Å². The number of aromatic hydroxyl groups is 2. The number of aliphatic hydroxyl groups is 1. The van der Waals surface area contributed by atoms with Crippen LogP contribution in [-0.4, -0.2) is 21.9 Å². The zero-order valence-electron chi connectivity index (χ0n) is 13.5. The summed E-state index contributed by atoms with van der Waals surface area (Å²) in [5.41, 5.74) is 3.53. The average molecular weight is 302 g/mol. The second-order valence-corrected chi connectivity index (χ2v) is 6.32. The smallest absolute Gasteiger partial charge is 0.123 e. The minimum atomic E-state index is -0.0414. The van der Waals surface area contributed by atoms with Crippen molar-refractivity contribution in [2.24, 2.45) is 5.92 Å². The van der Waals surface area contributed by atoms with Crippen LogP contribution >= 0.6 is 0 Å². The Labute approximate surface area is 132 Å². The molecule has 2 rings (SSSR count). The molecule has 0 bridgehead atoms. The molecule has 0 spiro atoms. The quantitative estimate of drug-likeness (QED) is 0.719. The third kappa shape index (κ3) is 3.36. The zero-order valence-corrected chi connectivity index (χ0v) is 13.5. The van der Waals surface area contributed by atoms with Gasteiger partial charge in [-0.15, -0.1) is 0 Å². The van der Waals surface area contributed by atoms with Crippen molar-refractivity contribution in [1.82, 2.24) is 0 Å². The maximum Gasteiger partial charge on any atom is 0.123 e. The van der Waals surface area contributed by atoms with Crippen LogP contribution < -0.4 is 0 Å². The van der Waals surface area contributed by atoms with E-state index in [0.717, 1.165) is 36.0 Å². The molecule has 120 valence electrons. The largest absolute Gasteiger partial charge is 0.508 e. The van der Waals surface area contributed by atoms with Gasteiger partial charge in [-0.05, 0) is 55.4 Å². The van der Waals surface area contributed by atoms with Crippen molar-refractivity contribution in [3.05, 3.63) is 47.1 Å². The third-order valence-corrected chi connectivity index (χ3v) is 4.57. The molecule has 0 aromatic heterocycles. The Hall–Kier alpha value is -1.74. The van der Waals surface area contributed by atoms with Crippen LogP contribution in [0.4, 0.5) is 0 Å². The Kier molecular flexibility index (Phi) is 5.30. The van der Waals surface area contributed by atoms with Crippen LogP contribution in [0.3, 0.4) is 0 Å². The number of rotatable bonds is 5. The minimum Gasteiger partial charge on any atom is -0.508 e. The molecule has 0 saturated carbocycles. The number of hydrogen-bond donors (Lipinski definition) is 3. The molecule has 1 aromatic carbocycles. The fourth-order valence-electron chi connectivity index (χ4n) is 3.44. The molecule has 0 heterocycles. The molecule has 1 aliphatic rings. The lowest BCUT2D eigenvalue weighted by atomic mass is 9.72. The van der Waals surface area contributed by atoms with Gasteiger partial charge in [-0.25, -0.2) is 0 Å². The summed E-state index contributed by atoms with van der Waals surface area (Å²) in [7, 11) is 0. The molecule has 2 atom stereocenters. The van der Waals surface area contributed by atoms with Gasteiger partial charge in [0.1, 0.15) is 11.5 Å². The van der Waals surface area contributed by atoms with Crippen molar-refractivity contribution >= 4 is 0 Å². The lowest BCUT2D eigenvalue weighted by molar-refractivity contribution is 0.309. The van der Waals surface area contributed by atoms with Gasteiger partial charge in [-0.1, -0.05) is 31.6 Å². The van der Waals surface area contributed by atoms with Crippen LogP contribution in [0.2, 0.25) is 0 Å². The summed E-state index contributed by atoms with van der Waals surface area (Å²) in [6.07, 6.45) is 5.27. The highest BCUT2D eigenvalue weighted by molar-refractivity contribution is 5.50. The van der Waals surface area contributed by atoms with Crippen molar-refractivity contribution < 1.29 is 15.3 Å². The molecule has 0 saturated heterocycles. The molecule has 3 heteroatoms. The number of phenols is 2. The second-order valence-electron chi connectivity index (χ2n) is 6.32. The first-order chi connectivity index (χ1) is 10.5. The third-order valence-electron chi connectivity index (χ3n) is 4.57. The molecule has 1 unspecified atom stereocenters. The van der Waals surface area contributed by atoms with Gasteiger partial charge < -0.3 is 15.3 Å². The Morgan fingerprint density at radius 3 is 2.41 bits per heavy atom. The average Bonchev–Trinajstić information content (AvgIpc) is 2.46. The van der Waals surface area contributed by atoms with Gasteiger partial charge in [0.15, 0.2) is 0 Å². The van der Waals surface area contributed by atoms with E-state index in [4.69, 9.17) is 0 Å². The fraction of sp³-hybridized carbons (Fsp3) is 0.474. The summed E-state index contributed by atoms with van der Waals surface area (Å²) in [6.45, 7) is 8.13. The van der Waals surface area contributed by atoms with Crippen LogP contribution in [0.15, 0.2) is 35.9 Å². The van der Waals surface area contributed by atoms with Gasteiger partial charge in [0.05, 0.1) is 6.61 Å². The maximum absolute atomic E-state index is 10.4. The predicted molar refractivity (Wildman–Crippen MR) is 89.2 cm³/mol. The van der Waals surface area contributed by atoms with E-state index in [1.807, 2.05) is 6.92 Å². The van der Waals surface area contributed by atoms with Crippen molar-refractivity contribution in [3.63, 3.8) is 0 Å². The molecule has 22 heavy (non-hydrogen) atoms. The summed E-state index contributed by atoms with van der Waals surface area (Å²) in [6, 6.07) is 3.51. The molecule has 3 nitrogen and oxygen atoms in total. The number of allylic oxidation sites excluding steroid dienone is 2. The summed E-state index contributed by atoms with van der Waals surface area (Å²) in [5.74, 6) is 0.433. The molecule has 1 aliphatic carbocycles. The van der Waals surface area contributed by atoms with Gasteiger partial charge in [0.25, 0.3) is 0 Å². The standard InChI is InChI=1S/C19H26O3/c1-4-5-13-9-17(21)19(18(22)10-13)16-8-14(11-20)6-7-15(16)12(2)3/h6,9-10,15-16,20-22H,2,4-5,7-8,11H2,1,3H3/t15-,16?/m1/s1. The van der Waals surface area contributed by atoms with Gasteiger partial charge in [0.2, 0.25) is 0 Å². The normalized spacial score (nSPS) is 21.5. The first-order valence-electron chi connectivity index (χ1n) is 7.96. The van der Waals surface area contributed by atoms with Crippen molar-refractivity contribution in [2.75, 3.05) is 6.61 Å². The van der Waals surface area contributed by atoms with Gasteiger partial charge in [-0.2, -0.15) is 0 Å². The van der Waals surface area contributed by atoms with Crippen LogP contribution in [-0.2, 0) is 6.42 Å². The van der Waals surface area contributed by atoms with Gasteiger partial charge in [0, 0.05) is 11.5 Å². The van der Waals surface area contributed by atoms with E-state index >= 15 is 0 Å². The van der Waals surface area contributed by atoms with E-state index in [-0.39, 0.29) is 29.9 Å². The van der Waals surface area contributed by atoms with E-state index in [9.17, 15) is 15.3 Å². The maximum atomic E-state index is 10.4. The lowest BCUT2D eigenvalue weighted by Gasteiger charge is -2.33. The predicted octanol–water partition coefficient (Wildman–Crippen LogP) is 4.04. The van der Waals surface area contributed by atoms with Crippen LogP contribution in [0.1, 0.15) is 50.2 Å². The SMILES string of the molecule is C=C(C)[C@H]1CC=C(CO)CC1c1c(O)cc(CCC)cc1O. The molecule has 3 N–H and O–H groups in total. The van der Waals surface area contributed by atoms with E-state index in [0.29, 0.717) is 12.0 Å². The molecular weight excluding hydrogens is 276 g/mol. The Morgan fingerprint density at radius 2 is 1.91 bits per heavy atom. The first-order valence-corrected chi connectivity index (χ1v) is 7.96. The minimum absolute atomic E-state index is 0.0227. The summed E-state index contributed by atoms with van der Waals surface area (Å²) < 4.78 is 0. The highest BCUT2D eigenvalue weighted by Gasteiger charge is 2.31. The number of aliphatic hydroxyl groups excluding tert-OH is 1. The van der Waals surface area contributed by atoms with E-state index < -0.39 is 0 Å². The van der Waals surface area contributed by atoms with Crippen molar-refractivity contribution in [2.45, 2.75) is 45.4 Å². The molecule has 0 amide bonds. The molecular formula is C19H26O3. The van der Waals surface area contributed by atoms with E-state index in [1.165, 1.54) is 0 Å². The van der Waals surface area contributed by atoms with Crippen molar-refractivity contribution in [3.8, 4) is 11.5 Å². The fourth-order valence-corrected chi connectivity index (χ4v) is 3.44. The Balaban J connectivity index is 2.43. The topological polar surface area (TPSA) is 60.7 Å². The highest BCUT2D eigenvalue weighted by Crippen LogP contribution is 2.47. The zero-order chi connectivity index (χ0) is 16.3. The monoisotopic (exact) mass is 302 g/mol. The first kappa shape index (κ1) is 16.6. The van der Waals surface area contributed by atoms with Gasteiger partial charge in [-0.3, -0.25) is 0 Å². The Bertz CT molecular complexity index is 563.